The highest BCUT2D eigenvalue weighted by atomic mass is 32.1. The van der Waals surface area contributed by atoms with E-state index in [0.717, 1.165) is 12.1 Å². The van der Waals surface area contributed by atoms with Gasteiger partial charge in [0.25, 0.3) is 5.91 Å². The van der Waals surface area contributed by atoms with Gasteiger partial charge < -0.3 is 20.5 Å². The predicted molar refractivity (Wildman–Crippen MR) is 153 cm³/mol. The summed E-state index contributed by atoms with van der Waals surface area (Å²) in [5, 5.41) is 23.2. The number of nitrogens with zero attached hydrogens (tertiary/aromatic N) is 3. The number of ether oxygens (including phenoxy) is 1. The molecule has 0 fully saturated rings. The summed E-state index contributed by atoms with van der Waals surface area (Å²) >= 11 is 1.17. The van der Waals surface area contributed by atoms with Gasteiger partial charge in [-0.2, -0.15) is 13.2 Å². The fourth-order valence-electron chi connectivity index (χ4n) is 3.86. The highest BCUT2D eigenvalue weighted by Crippen LogP contribution is 2.32. The molecule has 0 aliphatic rings. The number of aromatic carboxylic acids is 1. The molecule has 226 valence electrons. The zero-order chi connectivity index (χ0) is 31.4. The number of carbonyl (C=O) groups excluding carboxylic acids is 2. The van der Waals surface area contributed by atoms with E-state index in [0.29, 0.717) is 51.8 Å². The Morgan fingerprint density at radius 2 is 1.65 bits per heavy atom. The van der Waals surface area contributed by atoms with E-state index >= 15 is 0 Å². The summed E-state index contributed by atoms with van der Waals surface area (Å²) in [5.41, 5.74) is 0.158. The molecule has 0 spiro atoms. The van der Waals surface area contributed by atoms with Crippen molar-refractivity contribution >= 4 is 29.3 Å². The number of carbonyl (C=O) groups is 3. The molecule has 2 amide bonds. The van der Waals surface area contributed by atoms with Gasteiger partial charge in [-0.15, -0.1) is 16.4 Å². The van der Waals surface area contributed by atoms with Gasteiger partial charge in [0, 0.05) is 23.5 Å². The Hall–Kier alpha value is -4.72. The highest BCUT2D eigenvalue weighted by molar-refractivity contribution is 7.17. The minimum absolute atomic E-state index is 0.0315. The van der Waals surface area contributed by atoms with Crippen molar-refractivity contribution in [1.82, 2.24) is 25.6 Å². The molecule has 4 rings (SSSR count). The number of thiophene rings is 1. The van der Waals surface area contributed by atoms with Crippen LogP contribution in [0.3, 0.4) is 0 Å². The van der Waals surface area contributed by atoms with E-state index in [1.807, 2.05) is 0 Å². The Kier molecular flexibility index (Phi) is 9.19. The molecule has 0 aliphatic heterocycles. The number of halogens is 3. The van der Waals surface area contributed by atoms with Crippen LogP contribution in [-0.4, -0.2) is 56.8 Å². The fraction of sp³-hybridized carbons (Fsp3) is 0.276. The Bertz CT molecular complexity index is 1620. The normalized spacial score (nSPS) is 11.7. The summed E-state index contributed by atoms with van der Waals surface area (Å²) in [6.45, 7) is 5.92. The number of nitrogens with one attached hydrogen (secondary N) is 2. The van der Waals surface area contributed by atoms with Crippen molar-refractivity contribution in [2.45, 2.75) is 39.0 Å². The molecule has 43 heavy (non-hydrogen) atoms. The first-order chi connectivity index (χ1) is 20.2. The summed E-state index contributed by atoms with van der Waals surface area (Å²) in [6.07, 6.45) is -3.03. The van der Waals surface area contributed by atoms with E-state index in [2.05, 4.69) is 20.9 Å². The maximum atomic E-state index is 12.9. The van der Waals surface area contributed by atoms with Crippen LogP contribution in [0.2, 0.25) is 0 Å². The second-order valence-electron chi connectivity index (χ2n) is 10.4. The van der Waals surface area contributed by atoms with E-state index in [9.17, 15) is 32.7 Å². The molecule has 2 aromatic carbocycles. The van der Waals surface area contributed by atoms with Crippen LogP contribution in [0.1, 0.15) is 52.8 Å². The van der Waals surface area contributed by atoms with Crippen molar-refractivity contribution in [3.63, 3.8) is 0 Å². The first-order valence-corrected chi connectivity index (χ1v) is 13.9. The maximum absolute atomic E-state index is 12.9. The molecule has 2 heterocycles. The lowest BCUT2D eigenvalue weighted by atomic mass is 10.1. The average molecular weight is 616 g/mol. The number of hydrogen-bond acceptors (Lipinski definition) is 7. The Morgan fingerprint density at radius 1 is 0.953 bits per heavy atom. The van der Waals surface area contributed by atoms with Crippen LogP contribution in [0.5, 0.6) is 0 Å². The summed E-state index contributed by atoms with van der Waals surface area (Å²) in [7, 11) is 0. The monoisotopic (exact) mass is 615 g/mol. The molecule has 4 aromatic rings. The van der Waals surface area contributed by atoms with Crippen molar-refractivity contribution < 1.29 is 37.4 Å². The summed E-state index contributed by atoms with van der Waals surface area (Å²) < 4.78 is 45.2. The molecule has 0 atom stereocenters. The number of hydrogen-bond donors (Lipinski definition) is 3. The van der Waals surface area contributed by atoms with Gasteiger partial charge in [-0.25, -0.2) is 14.3 Å². The lowest BCUT2D eigenvalue weighted by molar-refractivity contribution is -0.137. The van der Waals surface area contributed by atoms with Crippen LogP contribution in [0.4, 0.5) is 18.0 Å². The fourth-order valence-corrected chi connectivity index (χ4v) is 4.77. The van der Waals surface area contributed by atoms with E-state index in [4.69, 9.17) is 4.74 Å². The molecule has 0 unspecified atom stereocenters. The molecule has 2 aromatic heterocycles. The second-order valence-corrected chi connectivity index (χ2v) is 11.5. The van der Waals surface area contributed by atoms with Crippen LogP contribution in [0.15, 0.2) is 60.8 Å². The zero-order valence-electron chi connectivity index (χ0n) is 23.4. The number of benzene rings is 2. The molecule has 0 aliphatic carbocycles. The Morgan fingerprint density at radius 3 is 2.30 bits per heavy atom. The molecule has 0 saturated carbocycles. The number of amides is 2. The summed E-state index contributed by atoms with van der Waals surface area (Å²) in [4.78, 5) is 37.3. The van der Waals surface area contributed by atoms with Gasteiger partial charge in [-0.05, 0) is 75.2 Å². The molecule has 3 N–H and O–H groups in total. The number of aromatic nitrogens is 3. The third kappa shape index (κ3) is 8.41. The van der Waals surface area contributed by atoms with Crippen LogP contribution < -0.4 is 10.6 Å². The standard InChI is InChI=1S/C29H28F3N5O5S/c1-28(2,3)42-27(41)34-12-4-11-33-25(38)24-10-9-23(43-24)18-13-19(26(39)40)15-21(14-18)37-16-22(35-36-37)17-5-7-20(8-6-17)29(30,31)32/h5-10,13-16H,4,11-12H2,1-3H3,(H,33,38)(H,34,41)(H,39,40). The van der Waals surface area contributed by atoms with Crippen molar-refractivity contribution in [1.29, 1.82) is 0 Å². The Labute approximate surface area is 248 Å². The van der Waals surface area contributed by atoms with Crippen molar-refractivity contribution in [2.75, 3.05) is 13.1 Å². The molecule has 0 bridgehead atoms. The Balaban J connectivity index is 1.45. The zero-order valence-corrected chi connectivity index (χ0v) is 24.2. The van der Waals surface area contributed by atoms with Crippen LogP contribution >= 0.6 is 11.3 Å². The third-order valence-corrected chi connectivity index (χ3v) is 6.99. The first-order valence-electron chi connectivity index (χ1n) is 13.0. The quantitative estimate of drug-likeness (QED) is 0.196. The smallest absolute Gasteiger partial charge is 0.416 e. The minimum atomic E-state index is -4.47. The lowest BCUT2D eigenvalue weighted by Gasteiger charge is -2.19. The number of alkyl carbamates (subject to hydrolysis) is 1. The summed E-state index contributed by atoms with van der Waals surface area (Å²) in [6, 6.07) is 12.3. The van der Waals surface area contributed by atoms with Gasteiger partial charge in [0.15, 0.2) is 0 Å². The minimum Gasteiger partial charge on any atom is -0.478 e. The van der Waals surface area contributed by atoms with Gasteiger partial charge in [0.2, 0.25) is 0 Å². The molecular weight excluding hydrogens is 587 g/mol. The van der Waals surface area contributed by atoms with E-state index in [-0.39, 0.29) is 11.5 Å². The van der Waals surface area contributed by atoms with Crippen LogP contribution in [-0.2, 0) is 10.9 Å². The molecule has 0 radical (unpaired) electrons. The van der Waals surface area contributed by atoms with Crippen molar-refractivity contribution in [3.05, 3.63) is 76.8 Å². The van der Waals surface area contributed by atoms with Gasteiger partial charge in [0.1, 0.15) is 11.3 Å². The average Bonchev–Trinajstić information content (AvgIpc) is 3.62. The number of carboxylic acids is 1. The molecule has 14 heteroatoms. The molecular formula is C29H28F3N5O5S. The van der Waals surface area contributed by atoms with Crippen molar-refractivity contribution in [2.24, 2.45) is 0 Å². The largest absolute Gasteiger partial charge is 0.478 e. The number of alkyl halides is 3. The summed E-state index contributed by atoms with van der Waals surface area (Å²) in [5.74, 6) is -1.50. The number of rotatable bonds is 9. The SMILES string of the molecule is CC(C)(C)OC(=O)NCCCNC(=O)c1ccc(-c2cc(C(=O)O)cc(-n3cc(-c4ccc(C(F)(F)F)cc4)nn3)c2)s1. The van der Waals surface area contributed by atoms with E-state index < -0.39 is 29.4 Å². The van der Waals surface area contributed by atoms with E-state index in [1.165, 1.54) is 46.5 Å². The topological polar surface area (TPSA) is 135 Å². The predicted octanol–water partition coefficient (Wildman–Crippen LogP) is 6.02. The highest BCUT2D eigenvalue weighted by Gasteiger charge is 2.30. The van der Waals surface area contributed by atoms with Gasteiger partial charge in [0.05, 0.1) is 27.9 Å². The molecule has 0 saturated heterocycles. The maximum Gasteiger partial charge on any atom is 0.416 e. The van der Waals surface area contributed by atoms with Crippen LogP contribution in [0, 0.1) is 0 Å². The van der Waals surface area contributed by atoms with Gasteiger partial charge >= 0.3 is 18.2 Å². The van der Waals surface area contributed by atoms with Gasteiger partial charge in [-0.1, -0.05) is 17.3 Å². The van der Waals surface area contributed by atoms with Crippen LogP contribution in [0.25, 0.3) is 27.4 Å². The van der Waals surface area contributed by atoms with Gasteiger partial charge in [-0.3, -0.25) is 4.79 Å². The second kappa shape index (κ2) is 12.7. The lowest BCUT2D eigenvalue weighted by Crippen LogP contribution is -2.34. The molecule has 10 nitrogen and oxygen atoms in total. The first kappa shape index (κ1) is 31.2. The number of carboxylic acid groups (broad SMARTS) is 1. The third-order valence-electron chi connectivity index (χ3n) is 5.85. The van der Waals surface area contributed by atoms with E-state index in [1.54, 1.807) is 39.0 Å². The van der Waals surface area contributed by atoms with Crippen molar-refractivity contribution in [3.8, 4) is 27.4 Å².